The standard InChI is InChI=1S/C11H15NO4/c1-15-7-10(11(13)14)12-8-3-5-9(16-2)6-4-8/h3-6,10,12H,7H2,1-2H3,(H,13,14). The lowest BCUT2D eigenvalue weighted by Crippen LogP contribution is -2.33. The van der Waals surface area contributed by atoms with E-state index in [-0.39, 0.29) is 6.61 Å². The van der Waals surface area contributed by atoms with Crippen molar-refractivity contribution in [2.45, 2.75) is 6.04 Å². The van der Waals surface area contributed by atoms with Crippen LogP contribution in [0, 0.1) is 0 Å². The Labute approximate surface area is 94.0 Å². The van der Waals surface area contributed by atoms with E-state index in [0.717, 1.165) is 5.75 Å². The highest BCUT2D eigenvalue weighted by Crippen LogP contribution is 2.15. The van der Waals surface area contributed by atoms with Crippen molar-refractivity contribution >= 4 is 11.7 Å². The van der Waals surface area contributed by atoms with Gasteiger partial charge in [-0.2, -0.15) is 0 Å². The van der Waals surface area contributed by atoms with Crippen LogP contribution < -0.4 is 10.1 Å². The van der Waals surface area contributed by atoms with Gasteiger partial charge in [-0.3, -0.25) is 0 Å². The molecular weight excluding hydrogens is 210 g/mol. The zero-order valence-corrected chi connectivity index (χ0v) is 9.27. The number of benzene rings is 1. The molecule has 2 N–H and O–H groups in total. The number of ether oxygens (including phenoxy) is 2. The van der Waals surface area contributed by atoms with Gasteiger partial charge in [-0.05, 0) is 24.3 Å². The number of carboxylic acids is 1. The van der Waals surface area contributed by atoms with E-state index < -0.39 is 12.0 Å². The van der Waals surface area contributed by atoms with E-state index in [4.69, 9.17) is 14.6 Å². The molecule has 0 saturated carbocycles. The van der Waals surface area contributed by atoms with Gasteiger partial charge in [0.2, 0.25) is 0 Å². The lowest BCUT2D eigenvalue weighted by Gasteiger charge is -2.14. The smallest absolute Gasteiger partial charge is 0.328 e. The number of carbonyl (C=O) groups is 1. The first-order chi connectivity index (χ1) is 7.67. The van der Waals surface area contributed by atoms with Crippen molar-refractivity contribution in [3.63, 3.8) is 0 Å². The molecule has 0 fully saturated rings. The zero-order valence-electron chi connectivity index (χ0n) is 9.27. The van der Waals surface area contributed by atoms with Gasteiger partial charge in [-0.15, -0.1) is 0 Å². The summed E-state index contributed by atoms with van der Waals surface area (Å²) in [5.41, 5.74) is 0.713. The van der Waals surface area contributed by atoms with Gasteiger partial charge >= 0.3 is 5.97 Å². The lowest BCUT2D eigenvalue weighted by atomic mass is 10.2. The minimum absolute atomic E-state index is 0.112. The van der Waals surface area contributed by atoms with Crippen LogP contribution in [0.1, 0.15) is 0 Å². The minimum atomic E-state index is -0.947. The third-order valence-electron chi connectivity index (χ3n) is 2.06. The van der Waals surface area contributed by atoms with Gasteiger partial charge in [0, 0.05) is 12.8 Å². The highest BCUT2D eigenvalue weighted by Gasteiger charge is 2.16. The molecule has 1 unspecified atom stereocenters. The summed E-state index contributed by atoms with van der Waals surface area (Å²) in [5.74, 6) is -0.221. The van der Waals surface area contributed by atoms with Crippen molar-refractivity contribution in [2.75, 3.05) is 26.1 Å². The Morgan fingerprint density at radius 2 is 2.00 bits per heavy atom. The lowest BCUT2D eigenvalue weighted by molar-refractivity contribution is -0.139. The molecule has 0 aliphatic heterocycles. The van der Waals surface area contributed by atoms with Crippen LogP contribution in [0.3, 0.4) is 0 Å². The molecule has 1 aromatic rings. The molecule has 0 amide bonds. The van der Waals surface area contributed by atoms with Crippen LogP contribution in [0.2, 0.25) is 0 Å². The van der Waals surface area contributed by atoms with Crippen LogP contribution in [0.4, 0.5) is 5.69 Å². The number of hydrogen-bond donors (Lipinski definition) is 2. The second kappa shape index (κ2) is 5.97. The molecule has 88 valence electrons. The maximum absolute atomic E-state index is 10.8. The maximum atomic E-state index is 10.8. The highest BCUT2D eigenvalue weighted by atomic mass is 16.5. The Kier molecular flexibility index (Phi) is 4.60. The fraction of sp³-hybridized carbons (Fsp3) is 0.364. The Hall–Kier alpha value is -1.75. The second-order valence-corrected chi connectivity index (χ2v) is 3.22. The van der Waals surface area contributed by atoms with E-state index in [0.29, 0.717) is 5.69 Å². The molecule has 0 aliphatic rings. The summed E-state index contributed by atoms with van der Waals surface area (Å²) in [5, 5.41) is 11.7. The molecule has 1 atom stereocenters. The number of carboxylic acid groups (broad SMARTS) is 1. The van der Waals surface area contributed by atoms with Gasteiger partial charge in [0.1, 0.15) is 11.8 Å². The predicted octanol–water partition coefficient (Wildman–Crippen LogP) is 1.21. The number of aliphatic carboxylic acids is 1. The summed E-state index contributed by atoms with van der Waals surface area (Å²) < 4.78 is 9.81. The molecular formula is C11H15NO4. The number of nitrogens with one attached hydrogen (secondary N) is 1. The van der Waals surface area contributed by atoms with Gasteiger partial charge in [-0.1, -0.05) is 0 Å². The van der Waals surface area contributed by atoms with Crippen LogP contribution in [-0.2, 0) is 9.53 Å². The average molecular weight is 225 g/mol. The van der Waals surface area contributed by atoms with E-state index >= 15 is 0 Å². The number of hydrogen-bond acceptors (Lipinski definition) is 4. The van der Waals surface area contributed by atoms with E-state index in [1.54, 1.807) is 31.4 Å². The molecule has 0 radical (unpaired) electrons. The fourth-order valence-electron chi connectivity index (χ4n) is 1.23. The Balaban J connectivity index is 2.65. The van der Waals surface area contributed by atoms with Gasteiger partial charge in [0.25, 0.3) is 0 Å². The fourth-order valence-corrected chi connectivity index (χ4v) is 1.23. The molecule has 0 aliphatic carbocycles. The van der Waals surface area contributed by atoms with Crippen molar-refractivity contribution in [3.8, 4) is 5.75 Å². The summed E-state index contributed by atoms with van der Waals surface area (Å²) in [4.78, 5) is 10.8. The van der Waals surface area contributed by atoms with Crippen molar-refractivity contribution in [3.05, 3.63) is 24.3 Å². The number of anilines is 1. The SMILES string of the molecule is COCC(Nc1ccc(OC)cc1)C(=O)O. The molecule has 1 aromatic carbocycles. The van der Waals surface area contributed by atoms with Crippen LogP contribution in [0.5, 0.6) is 5.75 Å². The van der Waals surface area contributed by atoms with Gasteiger partial charge < -0.3 is 19.9 Å². The van der Waals surface area contributed by atoms with Crippen LogP contribution in [-0.4, -0.2) is 37.9 Å². The van der Waals surface area contributed by atoms with E-state index in [1.807, 2.05) is 0 Å². The van der Waals surface area contributed by atoms with E-state index in [9.17, 15) is 4.79 Å². The average Bonchev–Trinajstić information content (AvgIpc) is 2.29. The molecule has 0 saturated heterocycles. The van der Waals surface area contributed by atoms with Crippen LogP contribution >= 0.6 is 0 Å². The summed E-state index contributed by atoms with van der Waals surface area (Å²) >= 11 is 0. The second-order valence-electron chi connectivity index (χ2n) is 3.22. The molecule has 16 heavy (non-hydrogen) atoms. The van der Waals surface area contributed by atoms with Gasteiger partial charge in [0.15, 0.2) is 0 Å². The molecule has 0 heterocycles. The van der Waals surface area contributed by atoms with Gasteiger partial charge in [0.05, 0.1) is 13.7 Å². The van der Waals surface area contributed by atoms with E-state index in [1.165, 1.54) is 7.11 Å². The molecule has 0 bridgehead atoms. The van der Waals surface area contributed by atoms with Crippen molar-refractivity contribution in [1.82, 2.24) is 0 Å². The zero-order chi connectivity index (χ0) is 12.0. The monoisotopic (exact) mass is 225 g/mol. The first-order valence-corrected chi connectivity index (χ1v) is 4.79. The molecule has 1 rings (SSSR count). The van der Waals surface area contributed by atoms with Crippen molar-refractivity contribution < 1.29 is 19.4 Å². The molecule has 5 heteroatoms. The predicted molar refractivity (Wildman–Crippen MR) is 59.9 cm³/mol. The summed E-state index contributed by atoms with van der Waals surface area (Å²) in [6.45, 7) is 0.112. The Morgan fingerprint density at radius 1 is 1.38 bits per heavy atom. The van der Waals surface area contributed by atoms with E-state index in [2.05, 4.69) is 5.32 Å². The summed E-state index contributed by atoms with van der Waals surface area (Å²) in [7, 11) is 3.04. The Bertz CT molecular complexity index is 336. The molecule has 0 spiro atoms. The third-order valence-corrected chi connectivity index (χ3v) is 2.06. The molecule has 5 nitrogen and oxygen atoms in total. The first kappa shape index (κ1) is 12.3. The Morgan fingerprint density at radius 3 is 2.44 bits per heavy atom. The largest absolute Gasteiger partial charge is 0.497 e. The first-order valence-electron chi connectivity index (χ1n) is 4.79. The van der Waals surface area contributed by atoms with Gasteiger partial charge in [-0.25, -0.2) is 4.79 Å². The summed E-state index contributed by atoms with van der Waals surface area (Å²) in [6.07, 6.45) is 0. The third kappa shape index (κ3) is 3.43. The normalized spacial score (nSPS) is 11.9. The molecule has 0 aromatic heterocycles. The topological polar surface area (TPSA) is 67.8 Å². The quantitative estimate of drug-likeness (QED) is 0.761. The van der Waals surface area contributed by atoms with Crippen molar-refractivity contribution in [1.29, 1.82) is 0 Å². The van der Waals surface area contributed by atoms with Crippen molar-refractivity contribution in [2.24, 2.45) is 0 Å². The minimum Gasteiger partial charge on any atom is -0.497 e. The maximum Gasteiger partial charge on any atom is 0.328 e. The van der Waals surface area contributed by atoms with Crippen LogP contribution in [0.25, 0.3) is 0 Å². The number of rotatable bonds is 6. The highest BCUT2D eigenvalue weighted by molar-refractivity contribution is 5.77. The van der Waals surface area contributed by atoms with Crippen LogP contribution in [0.15, 0.2) is 24.3 Å². The number of methoxy groups -OCH3 is 2. The summed E-state index contributed by atoms with van der Waals surface area (Å²) in [6, 6.07) is 6.27.